The lowest BCUT2D eigenvalue weighted by atomic mass is 10.3. The van der Waals surface area contributed by atoms with Crippen LogP contribution in [0.5, 0.6) is 0 Å². The summed E-state index contributed by atoms with van der Waals surface area (Å²) in [7, 11) is 0. The number of hydrogen-bond acceptors (Lipinski definition) is 5. The topological polar surface area (TPSA) is 105 Å². The van der Waals surface area contributed by atoms with Gasteiger partial charge < -0.3 is 5.11 Å². The van der Waals surface area contributed by atoms with Crippen LogP contribution >= 0.6 is 0 Å². The molecule has 7 heteroatoms. The first-order chi connectivity index (χ1) is 7.25. The zero-order chi connectivity index (χ0) is 10.7. The van der Waals surface area contributed by atoms with Gasteiger partial charge in [0.15, 0.2) is 0 Å². The van der Waals surface area contributed by atoms with E-state index in [2.05, 4.69) is 31.5 Å². The molecule has 0 atom stereocenters. The average molecular weight is 203 g/mol. The van der Waals surface area contributed by atoms with E-state index in [4.69, 9.17) is 5.11 Å². The van der Waals surface area contributed by atoms with Gasteiger partial charge in [-0.25, -0.2) is 4.79 Å². The Morgan fingerprint density at radius 1 is 1.47 bits per heavy atom. The average Bonchev–Trinajstić information content (AvgIpc) is 2.64. The minimum Gasteiger partial charge on any atom is -0.472 e. The van der Waals surface area contributed by atoms with Gasteiger partial charge in [-0.2, -0.15) is 5.10 Å². The Morgan fingerprint density at radius 2 is 2.33 bits per heavy atom. The first-order valence-corrected chi connectivity index (χ1v) is 4.01. The van der Waals surface area contributed by atoms with Gasteiger partial charge in [0.2, 0.25) is 5.65 Å². The number of fused-ring (bicyclic) bond motifs is 1. The van der Waals surface area contributed by atoms with Gasteiger partial charge in [0.25, 0.3) is 0 Å². The van der Waals surface area contributed by atoms with Crippen LogP contribution in [0.4, 0.5) is 0 Å². The summed E-state index contributed by atoms with van der Waals surface area (Å²) in [4.78, 5) is 10.1. The fourth-order valence-corrected chi connectivity index (χ4v) is 1.00. The lowest BCUT2D eigenvalue weighted by Crippen LogP contribution is -1.93. The predicted octanol–water partition coefficient (Wildman–Crippen LogP) is -0.622. The van der Waals surface area contributed by atoms with Crippen LogP contribution in [0.1, 0.15) is 5.69 Å². The van der Waals surface area contributed by atoms with Crippen LogP contribution in [-0.4, -0.2) is 36.7 Å². The quantitative estimate of drug-likeness (QED) is 0.598. The molecule has 0 bridgehead atoms. The maximum Gasteiger partial charge on any atom is 0.381 e. The Labute approximate surface area is 83.5 Å². The smallest absolute Gasteiger partial charge is 0.381 e. The molecule has 2 heterocycles. The van der Waals surface area contributed by atoms with Gasteiger partial charge in [0.05, 0.1) is 12.1 Å². The molecule has 74 valence electrons. The molecule has 0 radical (unpaired) electrons. The van der Waals surface area contributed by atoms with E-state index in [0.29, 0.717) is 16.9 Å². The van der Waals surface area contributed by atoms with Crippen LogP contribution in [0, 0.1) is 11.8 Å². The van der Waals surface area contributed by atoms with Crippen molar-refractivity contribution in [1.29, 1.82) is 0 Å². The number of aromatic nitrogens is 5. The third-order valence-corrected chi connectivity index (χ3v) is 1.61. The van der Waals surface area contributed by atoms with Crippen LogP contribution in [-0.2, 0) is 11.2 Å². The van der Waals surface area contributed by atoms with Gasteiger partial charge in [0.1, 0.15) is 5.52 Å². The summed E-state index contributed by atoms with van der Waals surface area (Å²) >= 11 is 0. The molecule has 0 amide bonds. The highest BCUT2D eigenvalue weighted by Crippen LogP contribution is 2.04. The Kier molecular flexibility index (Phi) is 2.25. The van der Waals surface area contributed by atoms with Crippen molar-refractivity contribution in [3.05, 3.63) is 11.8 Å². The van der Waals surface area contributed by atoms with Crippen molar-refractivity contribution in [3.63, 3.8) is 0 Å². The predicted molar refractivity (Wildman–Crippen MR) is 48.6 cm³/mol. The monoisotopic (exact) mass is 203 g/mol. The summed E-state index contributed by atoms with van der Waals surface area (Å²) in [5.41, 5.74) is 1.64. The van der Waals surface area contributed by atoms with Crippen LogP contribution in [0.3, 0.4) is 0 Å². The lowest BCUT2D eigenvalue weighted by molar-refractivity contribution is -0.130. The molecule has 0 saturated heterocycles. The molecule has 0 aliphatic rings. The number of rotatable bonds is 1. The third kappa shape index (κ3) is 2.05. The Balaban J connectivity index is 2.22. The molecule has 2 N–H and O–H groups in total. The van der Waals surface area contributed by atoms with Gasteiger partial charge in [-0.05, 0) is 6.07 Å². The maximum atomic E-state index is 10.1. The number of carboxylic acid groups (broad SMARTS) is 1. The van der Waals surface area contributed by atoms with E-state index in [1.807, 2.05) is 5.92 Å². The van der Waals surface area contributed by atoms with Gasteiger partial charge in [-0.3, -0.25) is 5.10 Å². The molecule has 15 heavy (non-hydrogen) atoms. The van der Waals surface area contributed by atoms with E-state index >= 15 is 0 Å². The van der Waals surface area contributed by atoms with Gasteiger partial charge in [-0.1, -0.05) is 11.1 Å². The summed E-state index contributed by atoms with van der Waals surface area (Å²) in [6.07, 6.45) is 0.230. The largest absolute Gasteiger partial charge is 0.472 e. The van der Waals surface area contributed by atoms with Crippen LogP contribution < -0.4 is 0 Å². The van der Waals surface area contributed by atoms with E-state index in [1.54, 1.807) is 6.07 Å². The minimum absolute atomic E-state index is 0.230. The van der Waals surface area contributed by atoms with Crippen molar-refractivity contribution in [3.8, 4) is 11.8 Å². The van der Waals surface area contributed by atoms with Crippen LogP contribution in [0.15, 0.2) is 6.07 Å². The summed E-state index contributed by atoms with van der Waals surface area (Å²) in [5.74, 6) is 3.28. The number of carboxylic acids is 1. The van der Waals surface area contributed by atoms with Crippen molar-refractivity contribution >= 4 is 17.1 Å². The second-order valence-electron chi connectivity index (χ2n) is 2.67. The van der Waals surface area contributed by atoms with Gasteiger partial charge >= 0.3 is 5.97 Å². The zero-order valence-electron chi connectivity index (χ0n) is 7.43. The van der Waals surface area contributed by atoms with Crippen molar-refractivity contribution in [1.82, 2.24) is 25.6 Å². The number of hydrogen-bond donors (Lipinski definition) is 2. The first-order valence-electron chi connectivity index (χ1n) is 4.01. The number of H-pyrrole nitrogens is 1. The summed E-state index contributed by atoms with van der Waals surface area (Å²) in [6.45, 7) is 0. The number of aliphatic carboxylic acids is 1. The molecule has 0 unspecified atom stereocenters. The minimum atomic E-state index is -1.16. The van der Waals surface area contributed by atoms with E-state index < -0.39 is 5.97 Å². The molecule has 2 rings (SSSR count). The van der Waals surface area contributed by atoms with Crippen molar-refractivity contribution < 1.29 is 9.90 Å². The Morgan fingerprint density at radius 3 is 3.13 bits per heavy atom. The first kappa shape index (κ1) is 9.08. The van der Waals surface area contributed by atoms with Crippen molar-refractivity contribution in [2.75, 3.05) is 0 Å². The fourth-order valence-electron chi connectivity index (χ4n) is 1.00. The van der Waals surface area contributed by atoms with E-state index in [-0.39, 0.29) is 6.42 Å². The van der Waals surface area contributed by atoms with E-state index in [1.165, 1.54) is 0 Å². The molecule has 0 aliphatic heterocycles. The highest BCUT2D eigenvalue weighted by atomic mass is 16.4. The van der Waals surface area contributed by atoms with E-state index in [9.17, 15) is 4.79 Å². The second-order valence-corrected chi connectivity index (χ2v) is 2.67. The molecular weight excluding hydrogens is 198 g/mol. The fraction of sp³-hybridized carbons (Fsp3) is 0.125. The molecule has 0 aliphatic carbocycles. The molecule has 0 spiro atoms. The Hall–Kier alpha value is -2.49. The number of nitrogens with one attached hydrogen (secondary N) is 1. The highest BCUT2D eigenvalue weighted by Gasteiger charge is 2.00. The summed E-state index contributed by atoms with van der Waals surface area (Å²) < 4.78 is 0. The standard InChI is InChI=1S/C8H5N5O2/c14-7(15)3-1-2-5-4-6-8(11-9-5)12-13-10-6/h4H,2H2,(H,14,15)(H,10,11,12,13). The molecule has 0 aromatic carbocycles. The normalized spacial score (nSPS) is 9.60. The molecule has 7 nitrogen and oxygen atoms in total. The summed E-state index contributed by atoms with van der Waals surface area (Å²) in [6, 6.07) is 1.68. The van der Waals surface area contributed by atoms with Gasteiger partial charge in [0, 0.05) is 5.92 Å². The number of nitrogens with zero attached hydrogens (tertiary/aromatic N) is 4. The van der Waals surface area contributed by atoms with Crippen molar-refractivity contribution in [2.24, 2.45) is 0 Å². The highest BCUT2D eigenvalue weighted by molar-refractivity contribution is 5.86. The third-order valence-electron chi connectivity index (χ3n) is 1.61. The SMILES string of the molecule is O=C(O)C#CCc1cc2[nH]nnc2nn1. The Bertz CT molecular complexity index is 565. The van der Waals surface area contributed by atoms with E-state index in [0.717, 1.165) is 0 Å². The zero-order valence-corrected chi connectivity index (χ0v) is 7.43. The molecule has 0 saturated carbocycles. The molecular formula is C8H5N5O2. The van der Waals surface area contributed by atoms with Crippen LogP contribution in [0.25, 0.3) is 11.2 Å². The number of aromatic amines is 1. The molecule has 2 aromatic rings. The molecule has 0 fully saturated rings. The van der Waals surface area contributed by atoms with Crippen molar-refractivity contribution in [2.45, 2.75) is 6.42 Å². The summed E-state index contributed by atoms with van der Waals surface area (Å²) in [5, 5.41) is 25.7. The van der Waals surface area contributed by atoms with Gasteiger partial charge in [-0.15, -0.1) is 10.2 Å². The second kappa shape index (κ2) is 3.71. The molecule has 2 aromatic heterocycles. The number of carbonyl (C=O) groups is 1. The lowest BCUT2D eigenvalue weighted by Gasteiger charge is -1.90. The van der Waals surface area contributed by atoms with Crippen LogP contribution in [0.2, 0.25) is 0 Å². The maximum absolute atomic E-state index is 10.1.